The van der Waals surface area contributed by atoms with Crippen LogP contribution in [0.1, 0.15) is 18.4 Å². The van der Waals surface area contributed by atoms with Crippen molar-refractivity contribution in [1.82, 2.24) is 0 Å². The molecule has 2 nitrogen and oxygen atoms in total. The average Bonchev–Trinajstić information content (AvgIpc) is 2.22. The Morgan fingerprint density at radius 2 is 1.93 bits per heavy atom. The van der Waals surface area contributed by atoms with Crippen LogP contribution >= 0.6 is 11.6 Å². The molecule has 0 fully saturated rings. The van der Waals surface area contributed by atoms with Gasteiger partial charge in [0.2, 0.25) is 0 Å². The molecule has 0 radical (unpaired) electrons. The zero-order valence-electron chi connectivity index (χ0n) is 9.11. The van der Waals surface area contributed by atoms with Crippen molar-refractivity contribution in [3.63, 3.8) is 0 Å². The molecule has 1 aromatic carbocycles. The Balaban J connectivity index is 2.77. The van der Waals surface area contributed by atoms with Gasteiger partial charge in [-0.3, -0.25) is 0 Å². The maximum Gasteiger partial charge on any atom is 0.0503 e. The van der Waals surface area contributed by atoms with Crippen molar-refractivity contribution < 1.29 is 9.84 Å². The fraction of sp³-hybridized carbons (Fsp3) is 0.500. The van der Waals surface area contributed by atoms with Gasteiger partial charge in [-0.2, -0.15) is 0 Å². The third-order valence-corrected chi connectivity index (χ3v) is 2.86. The van der Waals surface area contributed by atoms with Gasteiger partial charge in [-0.1, -0.05) is 30.7 Å². The van der Waals surface area contributed by atoms with E-state index in [1.807, 2.05) is 24.3 Å². The van der Waals surface area contributed by atoms with E-state index in [4.69, 9.17) is 16.3 Å². The second-order valence-electron chi connectivity index (χ2n) is 3.77. The van der Waals surface area contributed by atoms with Gasteiger partial charge in [0.1, 0.15) is 0 Å². The molecule has 0 aliphatic heterocycles. The molecule has 3 heteroatoms. The summed E-state index contributed by atoms with van der Waals surface area (Å²) in [7, 11) is 1.67. The predicted molar refractivity (Wildman–Crippen MR) is 62.3 cm³/mol. The quantitative estimate of drug-likeness (QED) is 0.840. The number of methoxy groups -OCH3 is 1. The summed E-state index contributed by atoms with van der Waals surface area (Å²) in [5.41, 5.74) is 1.10. The highest BCUT2D eigenvalue weighted by Crippen LogP contribution is 2.25. The molecule has 0 aromatic heterocycles. The summed E-state index contributed by atoms with van der Waals surface area (Å²) >= 11 is 5.81. The molecular weight excluding hydrogens is 212 g/mol. The molecule has 0 saturated heterocycles. The number of ether oxygens (including phenoxy) is 1. The minimum Gasteiger partial charge on any atom is -0.396 e. The minimum absolute atomic E-state index is 0.113. The largest absolute Gasteiger partial charge is 0.396 e. The lowest BCUT2D eigenvalue weighted by atomic mass is 9.88. The second-order valence-corrected chi connectivity index (χ2v) is 4.21. The van der Waals surface area contributed by atoms with Gasteiger partial charge < -0.3 is 9.84 Å². The van der Waals surface area contributed by atoms with Crippen molar-refractivity contribution in [2.75, 3.05) is 20.3 Å². The highest BCUT2D eigenvalue weighted by atomic mass is 35.5. The van der Waals surface area contributed by atoms with E-state index in [2.05, 4.69) is 6.92 Å². The molecule has 0 saturated carbocycles. The third kappa shape index (κ3) is 3.49. The Hall–Kier alpha value is -0.570. The Labute approximate surface area is 95.8 Å². The van der Waals surface area contributed by atoms with Crippen molar-refractivity contribution in [2.24, 2.45) is 5.92 Å². The van der Waals surface area contributed by atoms with Crippen molar-refractivity contribution in [3.8, 4) is 0 Å². The van der Waals surface area contributed by atoms with Gasteiger partial charge >= 0.3 is 0 Å². The van der Waals surface area contributed by atoms with Crippen LogP contribution in [-0.4, -0.2) is 25.4 Å². The minimum atomic E-state index is 0.113. The van der Waals surface area contributed by atoms with E-state index in [0.717, 1.165) is 10.6 Å². The van der Waals surface area contributed by atoms with E-state index in [1.165, 1.54) is 0 Å². The molecule has 0 amide bonds. The van der Waals surface area contributed by atoms with E-state index in [-0.39, 0.29) is 12.5 Å². The van der Waals surface area contributed by atoms with E-state index in [9.17, 15) is 5.11 Å². The molecule has 2 unspecified atom stereocenters. The lowest BCUT2D eigenvalue weighted by molar-refractivity contribution is 0.126. The normalized spacial score (nSPS) is 14.9. The predicted octanol–water partition coefficient (Wildman–Crippen LogP) is 2.70. The third-order valence-electron chi connectivity index (χ3n) is 2.61. The monoisotopic (exact) mass is 228 g/mol. The number of benzene rings is 1. The lowest BCUT2D eigenvalue weighted by Gasteiger charge is -2.21. The van der Waals surface area contributed by atoms with Crippen LogP contribution in [0.2, 0.25) is 5.02 Å². The smallest absolute Gasteiger partial charge is 0.0503 e. The molecule has 0 spiro atoms. The average molecular weight is 229 g/mol. The lowest BCUT2D eigenvalue weighted by Crippen LogP contribution is -2.18. The number of halogens is 1. The number of hydrogen-bond donors (Lipinski definition) is 1. The van der Waals surface area contributed by atoms with Gasteiger partial charge in [0.25, 0.3) is 0 Å². The Morgan fingerprint density at radius 3 is 2.40 bits per heavy atom. The van der Waals surface area contributed by atoms with Crippen LogP contribution in [0.5, 0.6) is 0 Å². The Morgan fingerprint density at radius 1 is 1.33 bits per heavy atom. The molecule has 0 heterocycles. The van der Waals surface area contributed by atoms with Gasteiger partial charge in [0.15, 0.2) is 0 Å². The zero-order valence-corrected chi connectivity index (χ0v) is 9.87. The summed E-state index contributed by atoms with van der Waals surface area (Å²) in [5, 5.41) is 10.1. The van der Waals surface area contributed by atoms with Crippen molar-refractivity contribution in [3.05, 3.63) is 34.9 Å². The number of aliphatic hydroxyl groups is 1. The van der Waals surface area contributed by atoms with Crippen LogP contribution in [0.15, 0.2) is 24.3 Å². The SMILES string of the molecule is COCC(C)C(CO)c1ccc(Cl)cc1. The highest BCUT2D eigenvalue weighted by Gasteiger charge is 2.18. The fourth-order valence-corrected chi connectivity index (χ4v) is 1.83. The molecule has 1 aromatic rings. The van der Waals surface area contributed by atoms with Gasteiger partial charge in [-0.05, 0) is 23.6 Å². The zero-order chi connectivity index (χ0) is 11.3. The molecule has 0 bridgehead atoms. The number of hydrogen-bond acceptors (Lipinski definition) is 2. The molecule has 1 N–H and O–H groups in total. The first kappa shape index (κ1) is 12.5. The number of aliphatic hydroxyl groups excluding tert-OH is 1. The molecule has 2 atom stereocenters. The fourth-order valence-electron chi connectivity index (χ4n) is 1.70. The first-order valence-corrected chi connectivity index (χ1v) is 5.42. The summed E-state index contributed by atoms with van der Waals surface area (Å²) in [6.07, 6.45) is 0. The standard InChI is InChI=1S/C12H17ClO2/c1-9(8-15-2)12(7-14)10-3-5-11(13)6-4-10/h3-6,9,12,14H,7-8H2,1-2H3. The van der Waals surface area contributed by atoms with E-state index < -0.39 is 0 Å². The van der Waals surface area contributed by atoms with E-state index in [0.29, 0.717) is 12.5 Å². The van der Waals surface area contributed by atoms with E-state index >= 15 is 0 Å². The van der Waals surface area contributed by atoms with Crippen LogP contribution in [0.25, 0.3) is 0 Å². The Bertz CT molecular complexity index is 284. The van der Waals surface area contributed by atoms with Crippen molar-refractivity contribution in [1.29, 1.82) is 0 Å². The second kappa shape index (κ2) is 6.11. The van der Waals surface area contributed by atoms with Gasteiger partial charge in [-0.15, -0.1) is 0 Å². The summed E-state index contributed by atoms with van der Waals surface area (Å²) < 4.78 is 5.09. The van der Waals surface area contributed by atoms with Crippen LogP contribution in [0, 0.1) is 5.92 Å². The van der Waals surface area contributed by atoms with E-state index in [1.54, 1.807) is 7.11 Å². The van der Waals surface area contributed by atoms with Crippen LogP contribution in [0.4, 0.5) is 0 Å². The summed E-state index contributed by atoms with van der Waals surface area (Å²) in [6, 6.07) is 7.60. The van der Waals surface area contributed by atoms with Gasteiger partial charge in [0, 0.05) is 24.7 Å². The van der Waals surface area contributed by atoms with Crippen LogP contribution in [-0.2, 0) is 4.74 Å². The van der Waals surface area contributed by atoms with Crippen molar-refractivity contribution >= 4 is 11.6 Å². The number of rotatable bonds is 5. The highest BCUT2D eigenvalue weighted by molar-refractivity contribution is 6.30. The topological polar surface area (TPSA) is 29.5 Å². The van der Waals surface area contributed by atoms with Gasteiger partial charge in [-0.25, -0.2) is 0 Å². The maximum atomic E-state index is 9.36. The Kier molecular flexibility index (Phi) is 5.09. The summed E-state index contributed by atoms with van der Waals surface area (Å²) in [5.74, 6) is 0.406. The molecular formula is C12H17ClO2. The van der Waals surface area contributed by atoms with Crippen molar-refractivity contribution in [2.45, 2.75) is 12.8 Å². The molecule has 1 rings (SSSR count). The van der Waals surface area contributed by atoms with Gasteiger partial charge in [0.05, 0.1) is 6.61 Å². The molecule has 0 aliphatic carbocycles. The maximum absolute atomic E-state index is 9.36. The van der Waals surface area contributed by atoms with Crippen LogP contribution < -0.4 is 0 Å². The first-order chi connectivity index (χ1) is 7.19. The summed E-state index contributed by atoms with van der Waals surface area (Å²) in [4.78, 5) is 0. The first-order valence-electron chi connectivity index (χ1n) is 5.04. The molecule has 0 aliphatic rings. The van der Waals surface area contributed by atoms with Crippen LogP contribution in [0.3, 0.4) is 0 Å². The molecule has 15 heavy (non-hydrogen) atoms. The molecule has 84 valence electrons. The summed E-state index contributed by atoms with van der Waals surface area (Å²) in [6.45, 7) is 2.85.